The van der Waals surface area contributed by atoms with Gasteiger partial charge in [-0.1, -0.05) is 6.07 Å². The number of carboxylic acids is 1. The van der Waals surface area contributed by atoms with E-state index >= 15 is 0 Å². The molecule has 19 heavy (non-hydrogen) atoms. The molecule has 0 fully saturated rings. The van der Waals surface area contributed by atoms with E-state index in [0.29, 0.717) is 5.56 Å². The standard InChI is InChI=1S/C13H14FNO4/c1-2-19-13(18)15-8-10-7-9(3-5-11(10)14)4-6-12(16)17/h3-7H,2,8H2,1H3,(H,15,18)(H,16,17). The molecule has 1 aromatic carbocycles. The second-order valence-electron chi connectivity index (χ2n) is 3.60. The van der Waals surface area contributed by atoms with Crippen LogP contribution in [0.3, 0.4) is 0 Å². The Hall–Kier alpha value is -2.37. The summed E-state index contributed by atoms with van der Waals surface area (Å²) in [6.07, 6.45) is 1.67. The van der Waals surface area contributed by atoms with Crippen LogP contribution < -0.4 is 5.32 Å². The van der Waals surface area contributed by atoms with Gasteiger partial charge in [0.2, 0.25) is 0 Å². The maximum Gasteiger partial charge on any atom is 0.407 e. The van der Waals surface area contributed by atoms with Crippen LogP contribution in [-0.4, -0.2) is 23.8 Å². The summed E-state index contributed by atoms with van der Waals surface area (Å²) in [7, 11) is 0. The van der Waals surface area contributed by atoms with E-state index in [-0.39, 0.29) is 18.7 Å². The highest BCUT2D eigenvalue weighted by atomic mass is 19.1. The summed E-state index contributed by atoms with van der Waals surface area (Å²) >= 11 is 0. The summed E-state index contributed by atoms with van der Waals surface area (Å²) < 4.78 is 18.1. The molecule has 0 aliphatic heterocycles. The number of carboxylic acid groups (broad SMARTS) is 1. The molecule has 1 rings (SSSR count). The number of alkyl carbamates (subject to hydrolysis) is 1. The lowest BCUT2D eigenvalue weighted by Crippen LogP contribution is -2.24. The second-order valence-corrected chi connectivity index (χ2v) is 3.60. The Bertz CT molecular complexity index is 499. The highest BCUT2D eigenvalue weighted by Gasteiger charge is 2.05. The van der Waals surface area contributed by atoms with E-state index in [1.807, 2.05) is 0 Å². The Kier molecular flexibility index (Phi) is 5.53. The zero-order chi connectivity index (χ0) is 14.3. The van der Waals surface area contributed by atoms with Crippen LogP contribution in [0.25, 0.3) is 6.08 Å². The number of aliphatic carboxylic acids is 1. The molecule has 6 heteroatoms. The van der Waals surface area contributed by atoms with Gasteiger partial charge in [0.1, 0.15) is 5.82 Å². The Morgan fingerprint density at radius 1 is 1.47 bits per heavy atom. The van der Waals surface area contributed by atoms with Gasteiger partial charge in [-0.05, 0) is 30.7 Å². The predicted octanol–water partition coefficient (Wildman–Crippen LogP) is 2.17. The Morgan fingerprint density at radius 3 is 2.84 bits per heavy atom. The van der Waals surface area contributed by atoms with Crippen molar-refractivity contribution in [2.24, 2.45) is 0 Å². The van der Waals surface area contributed by atoms with Crippen molar-refractivity contribution in [3.05, 3.63) is 41.2 Å². The van der Waals surface area contributed by atoms with Gasteiger partial charge in [0.25, 0.3) is 0 Å². The molecule has 0 heterocycles. The van der Waals surface area contributed by atoms with Crippen LogP contribution in [-0.2, 0) is 16.1 Å². The van der Waals surface area contributed by atoms with Gasteiger partial charge in [0, 0.05) is 18.2 Å². The largest absolute Gasteiger partial charge is 0.478 e. The summed E-state index contributed by atoms with van der Waals surface area (Å²) in [5.41, 5.74) is 0.782. The number of nitrogens with one attached hydrogen (secondary N) is 1. The first-order valence-electron chi connectivity index (χ1n) is 5.63. The van der Waals surface area contributed by atoms with E-state index in [1.54, 1.807) is 6.92 Å². The molecule has 0 bridgehead atoms. The molecule has 0 atom stereocenters. The molecule has 2 N–H and O–H groups in total. The topological polar surface area (TPSA) is 75.6 Å². The lowest BCUT2D eigenvalue weighted by molar-refractivity contribution is -0.131. The first-order chi connectivity index (χ1) is 9.02. The molecule has 102 valence electrons. The molecular formula is C13H14FNO4. The average Bonchev–Trinajstić information content (AvgIpc) is 2.36. The van der Waals surface area contributed by atoms with Crippen LogP contribution >= 0.6 is 0 Å². The van der Waals surface area contributed by atoms with Crippen LogP contribution in [0.2, 0.25) is 0 Å². The van der Waals surface area contributed by atoms with Gasteiger partial charge >= 0.3 is 12.1 Å². The number of amides is 1. The lowest BCUT2D eigenvalue weighted by atomic mass is 10.1. The van der Waals surface area contributed by atoms with Crippen molar-refractivity contribution in [1.82, 2.24) is 5.32 Å². The monoisotopic (exact) mass is 267 g/mol. The quantitative estimate of drug-likeness (QED) is 0.802. The van der Waals surface area contributed by atoms with E-state index in [0.717, 1.165) is 6.08 Å². The number of carbonyl (C=O) groups excluding carboxylic acids is 1. The summed E-state index contributed by atoms with van der Waals surface area (Å²) in [6.45, 7) is 1.87. The van der Waals surface area contributed by atoms with Crippen molar-refractivity contribution in [1.29, 1.82) is 0 Å². The van der Waals surface area contributed by atoms with Gasteiger partial charge in [0.15, 0.2) is 0 Å². The zero-order valence-corrected chi connectivity index (χ0v) is 10.4. The van der Waals surface area contributed by atoms with E-state index in [9.17, 15) is 14.0 Å². The minimum atomic E-state index is -1.09. The van der Waals surface area contributed by atoms with Crippen LogP contribution in [0.1, 0.15) is 18.1 Å². The number of rotatable bonds is 5. The first kappa shape index (κ1) is 14.7. The van der Waals surface area contributed by atoms with E-state index in [2.05, 4.69) is 10.1 Å². The number of hydrogen-bond acceptors (Lipinski definition) is 3. The molecule has 0 aliphatic carbocycles. The van der Waals surface area contributed by atoms with Crippen LogP contribution in [0.4, 0.5) is 9.18 Å². The minimum absolute atomic E-state index is 0.0284. The highest BCUT2D eigenvalue weighted by Crippen LogP contribution is 2.12. The summed E-state index contributed by atoms with van der Waals surface area (Å²) in [5, 5.41) is 10.9. The molecule has 0 radical (unpaired) electrons. The molecule has 0 saturated carbocycles. The number of hydrogen-bond donors (Lipinski definition) is 2. The van der Waals surface area contributed by atoms with Gasteiger partial charge in [-0.25, -0.2) is 14.0 Å². The van der Waals surface area contributed by atoms with Gasteiger partial charge in [-0.3, -0.25) is 0 Å². The van der Waals surface area contributed by atoms with Gasteiger partial charge in [-0.15, -0.1) is 0 Å². The molecule has 1 aromatic rings. The Balaban J connectivity index is 2.74. The fourth-order valence-corrected chi connectivity index (χ4v) is 1.35. The van der Waals surface area contributed by atoms with Crippen molar-refractivity contribution in [2.45, 2.75) is 13.5 Å². The summed E-state index contributed by atoms with van der Waals surface area (Å²) in [6, 6.07) is 4.12. The minimum Gasteiger partial charge on any atom is -0.478 e. The third-order valence-electron chi connectivity index (χ3n) is 2.19. The number of carbonyl (C=O) groups is 2. The highest BCUT2D eigenvalue weighted by molar-refractivity contribution is 5.85. The van der Waals surface area contributed by atoms with Crippen molar-refractivity contribution in [2.75, 3.05) is 6.61 Å². The fourth-order valence-electron chi connectivity index (χ4n) is 1.35. The molecule has 0 aromatic heterocycles. The summed E-state index contributed by atoms with van der Waals surface area (Å²) in [5.74, 6) is -1.57. The number of benzene rings is 1. The van der Waals surface area contributed by atoms with E-state index in [4.69, 9.17) is 5.11 Å². The van der Waals surface area contributed by atoms with Gasteiger partial charge in [0.05, 0.1) is 6.61 Å². The third kappa shape index (κ3) is 5.20. The third-order valence-corrected chi connectivity index (χ3v) is 2.19. The maximum absolute atomic E-state index is 13.5. The molecule has 0 unspecified atom stereocenters. The fraction of sp³-hybridized carbons (Fsp3) is 0.231. The predicted molar refractivity (Wildman–Crippen MR) is 66.9 cm³/mol. The van der Waals surface area contributed by atoms with Crippen LogP contribution in [0, 0.1) is 5.82 Å². The van der Waals surface area contributed by atoms with E-state index in [1.165, 1.54) is 24.3 Å². The zero-order valence-electron chi connectivity index (χ0n) is 10.4. The summed E-state index contributed by atoms with van der Waals surface area (Å²) in [4.78, 5) is 21.5. The molecule has 5 nitrogen and oxygen atoms in total. The molecular weight excluding hydrogens is 253 g/mol. The number of halogens is 1. The average molecular weight is 267 g/mol. The SMILES string of the molecule is CCOC(=O)NCc1cc(C=CC(=O)O)ccc1F. The Labute approximate surface area is 109 Å². The molecule has 0 aliphatic rings. The van der Waals surface area contributed by atoms with Crippen molar-refractivity contribution >= 4 is 18.1 Å². The smallest absolute Gasteiger partial charge is 0.407 e. The second kappa shape index (κ2) is 7.15. The Morgan fingerprint density at radius 2 is 2.21 bits per heavy atom. The van der Waals surface area contributed by atoms with Gasteiger partial charge < -0.3 is 15.2 Å². The van der Waals surface area contributed by atoms with Crippen molar-refractivity contribution in [3.63, 3.8) is 0 Å². The molecule has 0 spiro atoms. The van der Waals surface area contributed by atoms with Crippen LogP contribution in [0.5, 0.6) is 0 Å². The normalized spacial score (nSPS) is 10.4. The van der Waals surface area contributed by atoms with Gasteiger partial charge in [-0.2, -0.15) is 0 Å². The van der Waals surface area contributed by atoms with Crippen LogP contribution in [0.15, 0.2) is 24.3 Å². The van der Waals surface area contributed by atoms with E-state index < -0.39 is 17.9 Å². The molecule has 0 saturated heterocycles. The first-order valence-corrected chi connectivity index (χ1v) is 5.63. The molecule has 1 amide bonds. The lowest BCUT2D eigenvalue weighted by Gasteiger charge is -2.07. The number of ether oxygens (including phenoxy) is 1. The maximum atomic E-state index is 13.5. The van der Waals surface area contributed by atoms with Crippen molar-refractivity contribution in [3.8, 4) is 0 Å². The van der Waals surface area contributed by atoms with Crippen molar-refractivity contribution < 1.29 is 23.8 Å².